The number of rotatable bonds is 10. The Bertz CT molecular complexity index is 682. The molecule has 138 valence electrons. The molecule has 8 heteroatoms. The summed E-state index contributed by atoms with van der Waals surface area (Å²) in [5, 5.41) is 3.71. The second kappa shape index (κ2) is 9.89. The lowest BCUT2D eigenvalue weighted by atomic mass is 10.2. The average Bonchev–Trinajstić information content (AvgIpc) is 3.03. The van der Waals surface area contributed by atoms with Crippen LogP contribution in [0.3, 0.4) is 0 Å². The van der Waals surface area contributed by atoms with Gasteiger partial charge in [-0.15, -0.1) is 0 Å². The Morgan fingerprint density at radius 2 is 2.00 bits per heavy atom. The van der Waals surface area contributed by atoms with E-state index in [2.05, 4.69) is 5.32 Å². The van der Waals surface area contributed by atoms with Crippen LogP contribution in [0.1, 0.15) is 24.0 Å². The fraction of sp³-hybridized carbons (Fsp3) is 0.412. The lowest BCUT2D eigenvalue weighted by Gasteiger charge is -2.13. The van der Waals surface area contributed by atoms with E-state index in [9.17, 15) is 8.78 Å². The molecule has 0 unspecified atom stereocenters. The molecule has 0 atom stereocenters. The zero-order chi connectivity index (χ0) is 18.2. The van der Waals surface area contributed by atoms with Crippen LogP contribution in [0.5, 0.6) is 11.5 Å². The molecule has 0 fully saturated rings. The van der Waals surface area contributed by atoms with E-state index in [0.717, 1.165) is 5.56 Å². The van der Waals surface area contributed by atoms with E-state index >= 15 is 0 Å². The highest BCUT2D eigenvalue weighted by Gasteiger charge is 2.12. The van der Waals surface area contributed by atoms with Crippen molar-refractivity contribution in [1.82, 2.24) is 5.32 Å². The summed E-state index contributed by atoms with van der Waals surface area (Å²) in [6.45, 7) is 3.40. The van der Waals surface area contributed by atoms with Crippen LogP contribution in [0.15, 0.2) is 28.7 Å². The number of thioether (sulfide) groups is 1. The Morgan fingerprint density at radius 3 is 2.68 bits per heavy atom. The molecule has 2 rings (SSSR count). The quantitative estimate of drug-likeness (QED) is 0.611. The second-order valence-corrected chi connectivity index (χ2v) is 6.47. The highest BCUT2D eigenvalue weighted by Crippen LogP contribution is 2.36. The van der Waals surface area contributed by atoms with Gasteiger partial charge in [0.25, 0.3) is 5.76 Å². The summed E-state index contributed by atoms with van der Waals surface area (Å²) in [5.74, 6) is 0.0921. The van der Waals surface area contributed by atoms with Crippen LogP contribution < -0.4 is 14.8 Å². The molecule has 0 aliphatic rings. The number of furan rings is 1. The first-order valence-corrected chi connectivity index (χ1v) is 9.13. The SMILES string of the molecule is CCOc1c(Cl)cc(CNCc2ccc(CSC(F)F)o2)cc1OC. The summed E-state index contributed by atoms with van der Waals surface area (Å²) in [5.41, 5.74) is 0.935. The molecular weight excluding hydrogens is 372 g/mol. The number of hydrogen-bond donors (Lipinski definition) is 1. The number of alkyl halides is 2. The zero-order valence-electron chi connectivity index (χ0n) is 14.0. The highest BCUT2D eigenvalue weighted by molar-refractivity contribution is 7.98. The van der Waals surface area contributed by atoms with E-state index in [1.165, 1.54) is 0 Å². The molecule has 1 heterocycles. The van der Waals surface area contributed by atoms with Gasteiger partial charge in [-0.2, -0.15) is 8.78 Å². The zero-order valence-corrected chi connectivity index (χ0v) is 15.6. The number of ether oxygens (including phenoxy) is 2. The Kier molecular flexibility index (Phi) is 7.87. The summed E-state index contributed by atoms with van der Waals surface area (Å²) in [6.07, 6.45) is 0. The summed E-state index contributed by atoms with van der Waals surface area (Å²) >= 11 is 6.78. The van der Waals surface area contributed by atoms with Gasteiger partial charge in [0.15, 0.2) is 11.5 Å². The van der Waals surface area contributed by atoms with E-state index in [1.807, 2.05) is 19.1 Å². The van der Waals surface area contributed by atoms with Crippen molar-refractivity contribution in [2.24, 2.45) is 0 Å². The van der Waals surface area contributed by atoms with Crippen LogP contribution in [0.4, 0.5) is 8.78 Å². The van der Waals surface area contributed by atoms with E-state index in [1.54, 1.807) is 19.2 Å². The molecule has 25 heavy (non-hydrogen) atoms. The molecule has 0 spiro atoms. The second-order valence-electron chi connectivity index (χ2n) is 5.09. The predicted molar refractivity (Wildman–Crippen MR) is 95.7 cm³/mol. The highest BCUT2D eigenvalue weighted by atomic mass is 35.5. The van der Waals surface area contributed by atoms with Gasteiger partial charge in [0.1, 0.15) is 11.5 Å². The number of nitrogens with one attached hydrogen (secondary N) is 1. The molecule has 0 aliphatic heterocycles. The van der Waals surface area contributed by atoms with Crippen molar-refractivity contribution in [3.05, 3.63) is 46.4 Å². The third-order valence-corrected chi connectivity index (χ3v) is 4.26. The maximum atomic E-state index is 12.2. The molecular formula is C17H20ClF2NO3S. The van der Waals surface area contributed by atoms with Crippen molar-refractivity contribution in [3.63, 3.8) is 0 Å². The van der Waals surface area contributed by atoms with Gasteiger partial charge in [0.2, 0.25) is 0 Å². The van der Waals surface area contributed by atoms with Gasteiger partial charge in [-0.05, 0) is 36.8 Å². The smallest absolute Gasteiger partial charge is 0.284 e. The van der Waals surface area contributed by atoms with Crippen LogP contribution in [0.2, 0.25) is 5.02 Å². The van der Waals surface area contributed by atoms with E-state index in [0.29, 0.717) is 59.5 Å². The molecule has 1 aromatic heterocycles. The predicted octanol–water partition coefficient (Wildman–Crippen LogP) is 5.09. The minimum atomic E-state index is -2.40. The first-order valence-electron chi connectivity index (χ1n) is 7.70. The number of hydrogen-bond acceptors (Lipinski definition) is 5. The van der Waals surface area contributed by atoms with E-state index in [4.69, 9.17) is 25.5 Å². The molecule has 0 saturated heterocycles. The molecule has 0 aliphatic carbocycles. The van der Waals surface area contributed by atoms with Crippen molar-refractivity contribution in [3.8, 4) is 11.5 Å². The van der Waals surface area contributed by atoms with Crippen molar-refractivity contribution in [2.75, 3.05) is 13.7 Å². The molecule has 0 bridgehead atoms. The Hall–Kier alpha value is -1.44. The van der Waals surface area contributed by atoms with E-state index < -0.39 is 5.76 Å². The maximum absolute atomic E-state index is 12.2. The number of methoxy groups -OCH3 is 1. The molecule has 0 saturated carbocycles. The standard InChI is InChI=1S/C17H20ClF2NO3S/c1-3-23-16-14(18)6-11(7-15(16)22-2)8-21-9-12-4-5-13(24-12)10-25-17(19)20/h4-7,17,21H,3,8-10H2,1-2H3. The normalized spacial score (nSPS) is 11.1. The van der Waals surface area contributed by atoms with Crippen molar-refractivity contribution in [1.29, 1.82) is 0 Å². The Morgan fingerprint density at radius 1 is 1.24 bits per heavy atom. The summed E-state index contributed by atoms with van der Waals surface area (Å²) in [4.78, 5) is 0. The van der Waals surface area contributed by atoms with Gasteiger partial charge >= 0.3 is 0 Å². The van der Waals surface area contributed by atoms with Crippen LogP contribution in [0, 0.1) is 0 Å². The molecule has 1 N–H and O–H groups in total. The molecule has 0 radical (unpaired) electrons. The fourth-order valence-corrected chi connectivity index (χ4v) is 2.96. The number of halogens is 3. The lowest BCUT2D eigenvalue weighted by Crippen LogP contribution is -2.12. The molecule has 2 aromatic rings. The minimum absolute atomic E-state index is 0.156. The van der Waals surface area contributed by atoms with Gasteiger partial charge in [-0.25, -0.2) is 0 Å². The summed E-state index contributed by atoms with van der Waals surface area (Å²) in [7, 11) is 1.56. The van der Waals surface area contributed by atoms with Crippen molar-refractivity contribution < 1.29 is 22.7 Å². The summed E-state index contributed by atoms with van der Waals surface area (Å²) in [6, 6.07) is 7.16. The topological polar surface area (TPSA) is 43.6 Å². The van der Waals surface area contributed by atoms with Crippen LogP contribution in [0.25, 0.3) is 0 Å². The third-order valence-electron chi connectivity index (χ3n) is 3.28. The van der Waals surface area contributed by atoms with Gasteiger partial charge < -0.3 is 19.2 Å². The molecule has 0 amide bonds. The van der Waals surface area contributed by atoms with Crippen LogP contribution in [-0.4, -0.2) is 19.5 Å². The van der Waals surface area contributed by atoms with Crippen molar-refractivity contribution in [2.45, 2.75) is 31.5 Å². The third kappa shape index (κ3) is 6.09. The average molecular weight is 392 g/mol. The van der Waals surface area contributed by atoms with E-state index in [-0.39, 0.29) is 5.75 Å². The Balaban J connectivity index is 1.90. The van der Waals surface area contributed by atoms with Crippen molar-refractivity contribution >= 4 is 23.4 Å². The van der Waals surface area contributed by atoms with Crippen LogP contribution >= 0.6 is 23.4 Å². The van der Waals surface area contributed by atoms with Gasteiger partial charge in [0, 0.05) is 6.54 Å². The largest absolute Gasteiger partial charge is 0.493 e. The number of benzene rings is 1. The molecule has 4 nitrogen and oxygen atoms in total. The molecule has 1 aromatic carbocycles. The monoisotopic (exact) mass is 391 g/mol. The minimum Gasteiger partial charge on any atom is -0.493 e. The van der Waals surface area contributed by atoms with Crippen LogP contribution in [-0.2, 0) is 18.8 Å². The van der Waals surface area contributed by atoms with Gasteiger partial charge in [0.05, 0.1) is 31.0 Å². The Labute approximate surface area is 154 Å². The van der Waals surface area contributed by atoms with Gasteiger partial charge in [-0.3, -0.25) is 0 Å². The fourth-order valence-electron chi connectivity index (χ4n) is 2.23. The first-order chi connectivity index (χ1) is 12.0. The first kappa shape index (κ1) is 19.9. The summed E-state index contributed by atoms with van der Waals surface area (Å²) < 4.78 is 40.6. The lowest BCUT2D eigenvalue weighted by molar-refractivity contribution is 0.251. The maximum Gasteiger partial charge on any atom is 0.284 e. The van der Waals surface area contributed by atoms with Gasteiger partial charge in [-0.1, -0.05) is 23.4 Å².